The van der Waals surface area contributed by atoms with E-state index in [1.807, 2.05) is 13.8 Å². The van der Waals surface area contributed by atoms with Crippen LogP contribution in [-0.4, -0.2) is 48.0 Å². The van der Waals surface area contributed by atoms with Gasteiger partial charge in [0, 0.05) is 6.54 Å². The van der Waals surface area contributed by atoms with Crippen molar-refractivity contribution in [2.75, 3.05) is 13.1 Å². The average Bonchev–Trinajstić information content (AvgIpc) is 3.07. The standard InChI is InChI=1S/C15H29N3O2.HI/c1-4-15(19,5-2)10-17-14(16-6-3)18-12-9-11-7-8-13(12)20-11;/h11-13,19H,4-10H2,1-3H3,(H2,16,17,18);1H. The van der Waals surface area contributed by atoms with Crippen molar-refractivity contribution in [1.82, 2.24) is 10.6 Å². The molecule has 5 nitrogen and oxygen atoms in total. The molecule has 3 N–H and O–H groups in total. The van der Waals surface area contributed by atoms with Crippen LogP contribution in [-0.2, 0) is 4.74 Å². The molecule has 2 fully saturated rings. The van der Waals surface area contributed by atoms with Gasteiger partial charge in [-0.3, -0.25) is 4.99 Å². The smallest absolute Gasteiger partial charge is 0.191 e. The molecule has 2 aliphatic heterocycles. The number of guanidine groups is 1. The van der Waals surface area contributed by atoms with Crippen molar-refractivity contribution in [1.29, 1.82) is 0 Å². The van der Waals surface area contributed by atoms with Gasteiger partial charge in [-0.25, -0.2) is 0 Å². The van der Waals surface area contributed by atoms with Crippen LogP contribution in [0.2, 0.25) is 0 Å². The first kappa shape index (κ1) is 19.0. The molecule has 0 aromatic carbocycles. The third-order valence-corrected chi connectivity index (χ3v) is 4.62. The van der Waals surface area contributed by atoms with Crippen molar-refractivity contribution in [3.8, 4) is 0 Å². The molecule has 3 unspecified atom stereocenters. The summed E-state index contributed by atoms with van der Waals surface area (Å²) in [7, 11) is 0. The minimum atomic E-state index is -0.687. The van der Waals surface area contributed by atoms with Crippen LogP contribution in [0.4, 0.5) is 0 Å². The SMILES string of the molecule is CCNC(=NCC(O)(CC)CC)NC1CC2CCC1O2.I. The largest absolute Gasteiger partial charge is 0.388 e. The lowest BCUT2D eigenvalue weighted by atomic mass is 9.95. The van der Waals surface area contributed by atoms with Crippen molar-refractivity contribution in [2.45, 2.75) is 76.7 Å². The molecule has 2 bridgehead atoms. The van der Waals surface area contributed by atoms with E-state index in [1.165, 1.54) is 6.42 Å². The molecule has 0 aliphatic carbocycles. The summed E-state index contributed by atoms with van der Waals surface area (Å²) in [5.41, 5.74) is -0.687. The van der Waals surface area contributed by atoms with Gasteiger partial charge in [-0.2, -0.15) is 0 Å². The van der Waals surface area contributed by atoms with Crippen LogP contribution in [0, 0.1) is 0 Å². The van der Waals surface area contributed by atoms with Crippen molar-refractivity contribution >= 4 is 29.9 Å². The number of hydrogen-bond acceptors (Lipinski definition) is 3. The van der Waals surface area contributed by atoms with Crippen molar-refractivity contribution in [3.05, 3.63) is 0 Å². The third kappa shape index (κ3) is 4.96. The molecule has 0 saturated carbocycles. The van der Waals surface area contributed by atoms with Gasteiger partial charge in [0.05, 0.1) is 30.4 Å². The molecule has 21 heavy (non-hydrogen) atoms. The van der Waals surface area contributed by atoms with Crippen molar-refractivity contribution < 1.29 is 9.84 Å². The van der Waals surface area contributed by atoms with Gasteiger partial charge >= 0.3 is 0 Å². The topological polar surface area (TPSA) is 65.9 Å². The Morgan fingerprint density at radius 3 is 2.48 bits per heavy atom. The van der Waals surface area contributed by atoms with Gasteiger partial charge in [0.15, 0.2) is 5.96 Å². The first-order valence-electron chi connectivity index (χ1n) is 8.03. The van der Waals surface area contributed by atoms with Crippen LogP contribution in [0.1, 0.15) is 52.9 Å². The molecular weight excluding hydrogens is 381 g/mol. The van der Waals surface area contributed by atoms with Gasteiger partial charge in [-0.1, -0.05) is 13.8 Å². The number of hydrogen-bond donors (Lipinski definition) is 3. The van der Waals surface area contributed by atoms with Crippen molar-refractivity contribution in [2.24, 2.45) is 4.99 Å². The average molecular weight is 411 g/mol. The zero-order valence-corrected chi connectivity index (χ0v) is 15.7. The fraction of sp³-hybridized carbons (Fsp3) is 0.933. The molecule has 0 aromatic heterocycles. The van der Waals surface area contributed by atoms with Gasteiger partial charge in [0.1, 0.15) is 0 Å². The Bertz CT molecular complexity index is 348. The third-order valence-electron chi connectivity index (χ3n) is 4.62. The lowest BCUT2D eigenvalue weighted by Crippen LogP contribution is -2.48. The maximum Gasteiger partial charge on any atom is 0.191 e. The van der Waals surface area contributed by atoms with E-state index in [2.05, 4.69) is 22.5 Å². The Morgan fingerprint density at radius 1 is 1.29 bits per heavy atom. The fourth-order valence-corrected chi connectivity index (χ4v) is 2.99. The molecule has 2 aliphatic rings. The number of fused-ring (bicyclic) bond motifs is 2. The Balaban J connectivity index is 0.00000220. The number of aliphatic imine (C=N–C) groups is 1. The fourth-order valence-electron chi connectivity index (χ4n) is 2.99. The number of aliphatic hydroxyl groups is 1. The minimum absolute atomic E-state index is 0. The zero-order valence-electron chi connectivity index (χ0n) is 13.4. The van der Waals surface area contributed by atoms with Crippen LogP contribution in [0.15, 0.2) is 4.99 Å². The van der Waals surface area contributed by atoms with Gasteiger partial charge in [0.25, 0.3) is 0 Å². The highest BCUT2D eigenvalue weighted by atomic mass is 127. The highest BCUT2D eigenvalue weighted by Gasteiger charge is 2.41. The molecule has 124 valence electrons. The second-order valence-electron chi connectivity index (χ2n) is 5.99. The second kappa shape index (κ2) is 8.53. The summed E-state index contributed by atoms with van der Waals surface area (Å²) in [6.45, 7) is 7.33. The van der Waals surface area contributed by atoms with Gasteiger partial charge in [-0.15, -0.1) is 24.0 Å². The van der Waals surface area contributed by atoms with E-state index in [0.29, 0.717) is 24.8 Å². The number of rotatable bonds is 6. The first-order valence-corrected chi connectivity index (χ1v) is 8.03. The Morgan fingerprint density at radius 2 is 2.00 bits per heavy atom. The molecule has 6 heteroatoms. The molecule has 3 atom stereocenters. The Hall–Kier alpha value is -0.0800. The summed E-state index contributed by atoms with van der Waals surface area (Å²) < 4.78 is 5.86. The van der Waals surface area contributed by atoms with Crippen LogP contribution in [0.25, 0.3) is 0 Å². The van der Waals surface area contributed by atoms with Gasteiger partial charge < -0.3 is 20.5 Å². The van der Waals surface area contributed by atoms with E-state index in [9.17, 15) is 5.11 Å². The quantitative estimate of drug-likeness (QED) is 0.356. The zero-order chi connectivity index (χ0) is 14.6. The lowest BCUT2D eigenvalue weighted by molar-refractivity contribution is 0.0417. The summed E-state index contributed by atoms with van der Waals surface area (Å²) in [6.07, 6.45) is 5.63. The molecule has 0 radical (unpaired) electrons. The maximum absolute atomic E-state index is 10.3. The highest BCUT2D eigenvalue weighted by molar-refractivity contribution is 14.0. The number of nitrogens with zero attached hydrogens (tertiary/aromatic N) is 1. The maximum atomic E-state index is 10.3. The van der Waals surface area contributed by atoms with Gasteiger partial charge in [0.2, 0.25) is 0 Å². The summed E-state index contributed by atoms with van der Waals surface area (Å²) in [4.78, 5) is 4.56. The highest BCUT2D eigenvalue weighted by Crippen LogP contribution is 2.34. The van der Waals surface area contributed by atoms with Gasteiger partial charge in [-0.05, 0) is 39.0 Å². The predicted molar refractivity (Wildman–Crippen MR) is 96.4 cm³/mol. The molecule has 0 spiro atoms. The Kier molecular flexibility index (Phi) is 7.70. The molecular formula is C15H30IN3O2. The lowest BCUT2D eigenvalue weighted by Gasteiger charge is -2.25. The first-order chi connectivity index (χ1) is 9.60. The number of ether oxygens (including phenoxy) is 1. The van der Waals surface area contributed by atoms with E-state index in [-0.39, 0.29) is 24.0 Å². The predicted octanol–water partition coefficient (Wildman–Crippen LogP) is 2.03. The normalized spacial score (nSPS) is 28.4. The Labute approximate surface area is 145 Å². The minimum Gasteiger partial charge on any atom is -0.388 e. The monoisotopic (exact) mass is 411 g/mol. The molecule has 2 heterocycles. The van der Waals surface area contributed by atoms with E-state index in [1.54, 1.807) is 0 Å². The summed E-state index contributed by atoms with van der Waals surface area (Å²) in [5, 5.41) is 17.1. The van der Waals surface area contributed by atoms with E-state index in [4.69, 9.17) is 4.74 Å². The molecule has 2 rings (SSSR count). The summed E-state index contributed by atoms with van der Waals surface area (Å²) in [6, 6.07) is 0.364. The van der Waals surface area contributed by atoms with E-state index < -0.39 is 5.60 Å². The summed E-state index contributed by atoms with van der Waals surface area (Å²) >= 11 is 0. The molecule has 2 saturated heterocycles. The van der Waals surface area contributed by atoms with Crippen LogP contribution in [0.3, 0.4) is 0 Å². The summed E-state index contributed by atoms with van der Waals surface area (Å²) in [5.74, 6) is 0.800. The second-order valence-corrected chi connectivity index (χ2v) is 5.99. The van der Waals surface area contributed by atoms with Crippen LogP contribution >= 0.6 is 24.0 Å². The number of nitrogens with one attached hydrogen (secondary N) is 2. The number of halogens is 1. The van der Waals surface area contributed by atoms with Crippen molar-refractivity contribution in [3.63, 3.8) is 0 Å². The van der Waals surface area contributed by atoms with E-state index in [0.717, 1.165) is 38.2 Å². The van der Waals surface area contributed by atoms with E-state index >= 15 is 0 Å². The van der Waals surface area contributed by atoms with Crippen LogP contribution < -0.4 is 10.6 Å². The molecule has 0 amide bonds. The molecule has 0 aromatic rings. The van der Waals surface area contributed by atoms with Crippen LogP contribution in [0.5, 0.6) is 0 Å².